The van der Waals surface area contributed by atoms with Crippen LogP contribution in [-0.4, -0.2) is 12.7 Å². The Morgan fingerprint density at radius 3 is 2.06 bits per heavy atom. The van der Waals surface area contributed by atoms with Gasteiger partial charge in [-0.3, -0.25) is 4.90 Å². The average Bonchev–Trinajstić information content (AvgIpc) is 3.29. The van der Waals surface area contributed by atoms with E-state index in [1.54, 1.807) is 11.0 Å². The van der Waals surface area contributed by atoms with Gasteiger partial charge >= 0.3 is 6.09 Å². The van der Waals surface area contributed by atoms with E-state index in [2.05, 4.69) is 25.6 Å². The van der Waals surface area contributed by atoms with Gasteiger partial charge in [-0.05, 0) is 60.9 Å². The molecule has 0 bridgehead atoms. The van der Waals surface area contributed by atoms with E-state index in [0.29, 0.717) is 6.61 Å². The molecular formula is C30H35NO3. The standard InChI is InChI=1S/C23H21NO3.C5H8.C2H6/c1-2-17-8-12-20(13-9-17)27-21-14-10-19(11-15-21)24-22(16-26-23(24)25)18-6-4-3-5-7-18;1-3-5-4-2;1-2/h3-15,22H,2,16H2,1H3;3-5H,1H2,2H3;1-2H3/b;5-4-;/t22-;;/m1../s1. The number of cyclic esters (lactones) is 1. The fourth-order valence-electron chi connectivity index (χ4n) is 3.37. The highest BCUT2D eigenvalue weighted by Crippen LogP contribution is 2.34. The topological polar surface area (TPSA) is 38.8 Å². The SMILES string of the molecule is C=C/C=C\C.CC.CCc1ccc(Oc2ccc(N3C(=O)OC[C@@H]3c3ccccc3)cc2)cc1. The molecule has 1 amide bonds. The quantitative estimate of drug-likeness (QED) is 0.348. The summed E-state index contributed by atoms with van der Waals surface area (Å²) in [5.41, 5.74) is 3.12. The lowest BCUT2D eigenvalue weighted by molar-refractivity contribution is 0.179. The van der Waals surface area contributed by atoms with E-state index in [4.69, 9.17) is 9.47 Å². The third kappa shape index (κ3) is 7.38. The van der Waals surface area contributed by atoms with Gasteiger partial charge in [-0.25, -0.2) is 4.79 Å². The number of hydrogen-bond acceptors (Lipinski definition) is 3. The van der Waals surface area contributed by atoms with Crippen molar-refractivity contribution in [3.63, 3.8) is 0 Å². The van der Waals surface area contributed by atoms with E-state index >= 15 is 0 Å². The minimum atomic E-state index is -0.326. The van der Waals surface area contributed by atoms with E-state index in [0.717, 1.165) is 29.2 Å². The summed E-state index contributed by atoms with van der Waals surface area (Å²) >= 11 is 0. The zero-order valence-corrected chi connectivity index (χ0v) is 20.6. The van der Waals surface area contributed by atoms with Crippen LogP contribution in [0, 0.1) is 0 Å². The molecule has 0 aliphatic carbocycles. The maximum atomic E-state index is 12.3. The van der Waals surface area contributed by atoms with Gasteiger partial charge in [0.25, 0.3) is 0 Å². The van der Waals surface area contributed by atoms with E-state index in [9.17, 15) is 4.79 Å². The first-order valence-corrected chi connectivity index (χ1v) is 11.8. The van der Waals surface area contributed by atoms with E-state index in [-0.39, 0.29) is 12.1 Å². The minimum Gasteiger partial charge on any atom is -0.457 e. The monoisotopic (exact) mass is 457 g/mol. The van der Waals surface area contributed by atoms with Crippen molar-refractivity contribution in [1.82, 2.24) is 0 Å². The van der Waals surface area contributed by atoms with Crippen LogP contribution in [0.5, 0.6) is 11.5 Å². The molecule has 1 heterocycles. The van der Waals surface area contributed by atoms with Crippen molar-refractivity contribution in [3.8, 4) is 11.5 Å². The normalized spacial score (nSPS) is 14.4. The summed E-state index contributed by atoms with van der Waals surface area (Å²) in [5.74, 6) is 1.52. The van der Waals surface area contributed by atoms with Gasteiger partial charge in [0, 0.05) is 5.69 Å². The van der Waals surface area contributed by atoms with Gasteiger partial charge in [0.2, 0.25) is 0 Å². The van der Waals surface area contributed by atoms with Crippen LogP contribution in [0.3, 0.4) is 0 Å². The lowest BCUT2D eigenvalue weighted by atomic mass is 10.1. The third-order valence-electron chi connectivity index (χ3n) is 5.07. The molecule has 3 aromatic carbocycles. The number of hydrogen-bond donors (Lipinski definition) is 0. The van der Waals surface area contributed by atoms with E-state index < -0.39 is 0 Å². The summed E-state index contributed by atoms with van der Waals surface area (Å²) in [6, 6.07) is 25.4. The summed E-state index contributed by atoms with van der Waals surface area (Å²) < 4.78 is 11.2. The second-order valence-corrected chi connectivity index (χ2v) is 7.23. The molecule has 4 heteroatoms. The number of carbonyl (C=O) groups is 1. The van der Waals surface area contributed by atoms with Crippen molar-refractivity contribution in [2.24, 2.45) is 0 Å². The molecule has 0 N–H and O–H groups in total. The van der Waals surface area contributed by atoms with Gasteiger partial charge < -0.3 is 9.47 Å². The molecule has 0 unspecified atom stereocenters. The first-order chi connectivity index (χ1) is 16.7. The van der Waals surface area contributed by atoms with Gasteiger partial charge in [-0.15, -0.1) is 0 Å². The third-order valence-corrected chi connectivity index (χ3v) is 5.07. The van der Waals surface area contributed by atoms with Crippen LogP contribution >= 0.6 is 0 Å². The van der Waals surface area contributed by atoms with Gasteiger partial charge in [0.05, 0.1) is 6.04 Å². The number of rotatable bonds is 6. The molecule has 0 spiro atoms. The maximum absolute atomic E-state index is 12.3. The van der Waals surface area contributed by atoms with Gasteiger partial charge in [-0.1, -0.05) is 88.0 Å². The molecule has 34 heavy (non-hydrogen) atoms. The summed E-state index contributed by atoms with van der Waals surface area (Å²) in [6.07, 6.45) is 6.25. The zero-order chi connectivity index (χ0) is 24.8. The molecule has 0 aromatic heterocycles. The Morgan fingerprint density at radius 2 is 1.56 bits per heavy atom. The number of aryl methyl sites for hydroxylation is 1. The highest BCUT2D eigenvalue weighted by Gasteiger charge is 2.35. The summed E-state index contributed by atoms with van der Waals surface area (Å²) in [5, 5.41) is 0. The molecule has 1 aliphatic heterocycles. The number of benzene rings is 3. The Kier molecular flexibility index (Phi) is 11.2. The van der Waals surface area contributed by atoms with Crippen LogP contribution in [0.2, 0.25) is 0 Å². The predicted octanol–water partition coefficient (Wildman–Crippen LogP) is 8.51. The maximum Gasteiger partial charge on any atom is 0.415 e. The summed E-state index contributed by atoms with van der Waals surface area (Å²) in [7, 11) is 0. The number of amides is 1. The van der Waals surface area contributed by atoms with Gasteiger partial charge in [0.15, 0.2) is 0 Å². The second kappa shape index (κ2) is 14.4. The van der Waals surface area contributed by atoms with Crippen molar-refractivity contribution < 1.29 is 14.3 Å². The fraction of sp³-hybridized carbons (Fsp3) is 0.233. The molecule has 4 rings (SSSR count). The molecule has 0 saturated carbocycles. The average molecular weight is 458 g/mol. The fourth-order valence-corrected chi connectivity index (χ4v) is 3.37. The molecule has 178 valence electrons. The Morgan fingerprint density at radius 1 is 0.971 bits per heavy atom. The number of allylic oxidation sites excluding steroid dienone is 3. The molecule has 3 aromatic rings. The Labute approximate surface area is 204 Å². The van der Waals surface area contributed by atoms with Crippen LogP contribution in [0.1, 0.15) is 44.9 Å². The molecule has 4 nitrogen and oxygen atoms in total. The van der Waals surface area contributed by atoms with Crippen LogP contribution < -0.4 is 9.64 Å². The molecule has 1 saturated heterocycles. The number of ether oxygens (including phenoxy) is 2. The molecule has 1 aliphatic rings. The largest absolute Gasteiger partial charge is 0.457 e. The number of nitrogens with zero attached hydrogens (tertiary/aromatic N) is 1. The van der Waals surface area contributed by atoms with Crippen molar-refractivity contribution in [1.29, 1.82) is 0 Å². The van der Waals surface area contributed by atoms with E-state index in [1.165, 1.54) is 5.56 Å². The molecule has 1 atom stereocenters. The van der Waals surface area contributed by atoms with Crippen molar-refractivity contribution >= 4 is 11.8 Å². The van der Waals surface area contributed by atoms with E-state index in [1.807, 2.05) is 99.7 Å². The highest BCUT2D eigenvalue weighted by molar-refractivity contribution is 5.90. The van der Waals surface area contributed by atoms with Crippen molar-refractivity contribution in [3.05, 3.63) is 115 Å². The highest BCUT2D eigenvalue weighted by atomic mass is 16.6. The minimum absolute atomic E-state index is 0.118. The van der Waals surface area contributed by atoms with Crippen molar-refractivity contribution in [2.45, 2.75) is 40.2 Å². The lowest BCUT2D eigenvalue weighted by Crippen LogP contribution is -2.27. The van der Waals surface area contributed by atoms with Crippen LogP contribution in [0.25, 0.3) is 0 Å². The number of carbonyl (C=O) groups excluding carboxylic acids is 1. The summed E-state index contributed by atoms with van der Waals surface area (Å²) in [6.45, 7) is 11.9. The first-order valence-electron chi connectivity index (χ1n) is 11.8. The van der Waals surface area contributed by atoms with Crippen LogP contribution in [0.15, 0.2) is 104 Å². The molecule has 1 fully saturated rings. The Balaban J connectivity index is 0.000000520. The lowest BCUT2D eigenvalue weighted by Gasteiger charge is -2.22. The second-order valence-electron chi connectivity index (χ2n) is 7.23. The van der Waals surface area contributed by atoms with Gasteiger partial charge in [-0.2, -0.15) is 0 Å². The Bertz CT molecular complexity index is 1020. The first kappa shape index (κ1) is 26.5. The number of anilines is 1. The molecule has 0 radical (unpaired) electrons. The summed E-state index contributed by atoms with van der Waals surface area (Å²) in [4.78, 5) is 14.0. The van der Waals surface area contributed by atoms with Crippen molar-refractivity contribution in [2.75, 3.05) is 11.5 Å². The Hall–Kier alpha value is -3.79. The smallest absolute Gasteiger partial charge is 0.415 e. The molecular weight excluding hydrogens is 422 g/mol. The van der Waals surface area contributed by atoms with Crippen LogP contribution in [-0.2, 0) is 11.2 Å². The predicted molar refractivity (Wildman–Crippen MR) is 142 cm³/mol. The van der Waals surface area contributed by atoms with Gasteiger partial charge in [0.1, 0.15) is 18.1 Å². The van der Waals surface area contributed by atoms with Crippen LogP contribution in [0.4, 0.5) is 10.5 Å². The zero-order valence-electron chi connectivity index (χ0n) is 20.6.